The summed E-state index contributed by atoms with van der Waals surface area (Å²) < 4.78 is 27.2. The van der Waals surface area contributed by atoms with E-state index in [4.69, 9.17) is 22.9 Å². The van der Waals surface area contributed by atoms with Gasteiger partial charge >= 0.3 is 0 Å². The zero-order valence-electron chi connectivity index (χ0n) is 8.22. The normalized spacial score (nSPS) is 10.9. The van der Waals surface area contributed by atoms with Gasteiger partial charge in [-0.05, 0) is 12.1 Å². The number of benzene rings is 2. The van der Waals surface area contributed by atoms with Crippen molar-refractivity contribution in [3.63, 3.8) is 0 Å². The van der Waals surface area contributed by atoms with Gasteiger partial charge in [0.1, 0.15) is 11.6 Å². The van der Waals surface area contributed by atoms with Crippen LogP contribution in [0.1, 0.15) is 0 Å². The first kappa shape index (κ1) is 10.3. The van der Waals surface area contributed by atoms with E-state index in [0.717, 1.165) is 12.1 Å². The average molecular weight is 224 g/mol. The highest BCUT2D eigenvalue weighted by Gasteiger charge is 2.16. The van der Waals surface area contributed by atoms with Crippen molar-refractivity contribution in [2.24, 2.45) is 0 Å². The number of anilines is 4. The Morgan fingerprint density at radius 2 is 1.00 bits per heavy atom. The van der Waals surface area contributed by atoms with Crippen LogP contribution in [0.25, 0.3) is 10.8 Å². The minimum absolute atomic E-state index is 0.0342. The number of rotatable bonds is 0. The predicted molar refractivity (Wildman–Crippen MR) is 61.5 cm³/mol. The van der Waals surface area contributed by atoms with Gasteiger partial charge in [-0.25, -0.2) is 8.78 Å². The summed E-state index contributed by atoms with van der Waals surface area (Å²) in [4.78, 5) is 0. The van der Waals surface area contributed by atoms with E-state index < -0.39 is 11.6 Å². The quantitative estimate of drug-likeness (QED) is 0.508. The number of hydrogen-bond donors (Lipinski definition) is 4. The lowest BCUT2D eigenvalue weighted by Gasteiger charge is -2.11. The standard InChI is InChI=1S/C10H10F2N4/c11-3-1-5(13)9(15)8-4(12)2-6(14)10(16)7(3)8/h1-2H,13-16H2. The van der Waals surface area contributed by atoms with Crippen molar-refractivity contribution in [1.82, 2.24) is 0 Å². The van der Waals surface area contributed by atoms with Crippen LogP contribution in [0.15, 0.2) is 12.1 Å². The fourth-order valence-corrected chi connectivity index (χ4v) is 1.63. The molecule has 0 unspecified atom stereocenters. The topological polar surface area (TPSA) is 104 Å². The van der Waals surface area contributed by atoms with Crippen LogP contribution in [0.5, 0.6) is 0 Å². The third kappa shape index (κ3) is 1.19. The van der Waals surface area contributed by atoms with Crippen LogP contribution >= 0.6 is 0 Å². The Hall–Kier alpha value is -2.24. The van der Waals surface area contributed by atoms with Gasteiger partial charge in [0, 0.05) is 10.8 Å². The first-order chi connectivity index (χ1) is 7.43. The molecule has 0 atom stereocenters. The summed E-state index contributed by atoms with van der Waals surface area (Å²) in [7, 11) is 0. The van der Waals surface area contributed by atoms with Gasteiger partial charge in [0.05, 0.1) is 22.7 Å². The maximum absolute atomic E-state index is 13.6. The van der Waals surface area contributed by atoms with Gasteiger partial charge in [0.2, 0.25) is 0 Å². The molecule has 2 aromatic carbocycles. The summed E-state index contributed by atoms with van der Waals surface area (Å²) in [6.07, 6.45) is 0. The minimum atomic E-state index is -0.745. The highest BCUT2D eigenvalue weighted by atomic mass is 19.1. The first-order valence-corrected chi connectivity index (χ1v) is 4.44. The molecule has 0 saturated carbocycles. The van der Waals surface area contributed by atoms with Gasteiger partial charge in [-0.15, -0.1) is 0 Å². The van der Waals surface area contributed by atoms with E-state index in [1.807, 2.05) is 0 Å². The number of hydrogen-bond acceptors (Lipinski definition) is 4. The lowest BCUT2D eigenvalue weighted by molar-refractivity contribution is 0.630. The van der Waals surface area contributed by atoms with Crippen molar-refractivity contribution >= 4 is 33.5 Å². The second-order valence-electron chi connectivity index (χ2n) is 3.47. The molecule has 0 aliphatic carbocycles. The molecule has 0 aliphatic rings. The monoisotopic (exact) mass is 224 g/mol. The Kier molecular flexibility index (Phi) is 2.01. The van der Waals surface area contributed by atoms with Crippen LogP contribution in [-0.2, 0) is 0 Å². The van der Waals surface area contributed by atoms with E-state index in [-0.39, 0.29) is 33.5 Å². The summed E-state index contributed by atoms with van der Waals surface area (Å²) in [5.41, 5.74) is 21.9. The largest absolute Gasteiger partial charge is 0.397 e. The Morgan fingerprint density at radius 1 is 0.688 bits per heavy atom. The summed E-state index contributed by atoms with van der Waals surface area (Å²) in [6, 6.07) is 1.99. The molecular formula is C10H10F2N4. The van der Waals surface area contributed by atoms with E-state index in [2.05, 4.69) is 0 Å². The second-order valence-corrected chi connectivity index (χ2v) is 3.47. The molecule has 16 heavy (non-hydrogen) atoms. The Balaban J connectivity index is 3.11. The number of halogens is 2. The SMILES string of the molecule is Nc1cc(F)c2c(N)c(N)cc(F)c2c1N. The lowest BCUT2D eigenvalue weighted by Crippen LogP contribution is -2.04. The molecule has 2 rings (SSSR count). The summed E-state index contributed by atoms with van der Waals surface area (Å²) in [5.74, 6) is -1.49. The van der Waals surface area contributed by atoms with E-state index in [0.29, 0.717) is 0 Å². The van der Waals surface area contributed by atoms with Crippen molar-refractivity contribution in [3.8, 4) is 0 Å². The Labute approximate surface area is 89.8 Å². The van der Waals surface area contributed by atoms with E-state index in [1.54, 1.807) is 0 Å². The summed E-state index contributed by atoms with van der Waals surface area (Å²) in [6.45, 7) is 0. The van der Waals surface area contributed by atoms with E-state index >= 15 is 0 Å². The van der Waals surface area contributed by atoms with Crippen molar-refractivity contribution in [1.29, 1.82) is 0 Å². The number of nitrogens with two attached hydrogens (primary N) is 4. The predicted octanol–water partition coefficient (Wildman–Crippen LogP) is 1.45. The molecule has 0 fully saturated rings. The molecule has 2 aromatic rings. The van der Waals surface area contributed by atoms with Gasteiger partial charge in [0.25, 0.3) is 0 Å². The average Bonchev–Trinajstić information content (AvgIpc) is 2.20. The highest BCUT2D eigenvalue weighted by Crippen LogP contribution is 2.37. The highest BCUT2D eigenvalue weighted by molar-refractivity contribution is 6.07. The second kappa shape index (κ2) is 3.13. The van der Waals surface area contributed by atoms with E-state index in [1.165, 1.54) is 0 Å². The molecule has 0 aromatic heterocycles. The number of fused-ring (bicyclic) bond motifs is 1. The minimum Gasteiger partial charge on any atom is -0.397 e. The smallest absolute Gasteiger partial charge is 0.135 e. The molecule has 0 radical (unpaired) electrons. The molecule has 8 N–H and O–H groups in total. The zero-order chi connectivity index (χ0) is 12.0. The third-order valence-electron chi connectivity index (χ3n) is 2.45. The van der Waals surface area contributed by atoms with E-state index in [9.17, 15) is 8.78 Å². The lowest BCUT2D eigenvalue weighted by atomic mass is 10.0. The van der Waals surface area contributed by atoms with Crippen molar-refractivity contribution in [3.05, 3.63) is 23.8 Å². The molecule has 84 valence electrons. The van der Waals surface area contributed by atoms with Crippen molar-refractivity contribution in [2.75, 3.05) is 22.9 Å². The van der Waals surface area contributed by atoms with Crippen LogP contribution < -0.4 is 22.9 Å². The molecule has 0 heterocycles. The fraction of sp³-hybridized carbons (Fsp3) is 0. The molecule has 0 spiro atoms. The molecule has 0 amide bonds. The molecule has 0 saturated heterocycles. The maximum atomic E-state index is 13.6. The van der Waals surface area contributed by atoms with Crippen LogP contribution in [0.3, 0.4) is 0 Å². The fourth-order valence-electron chi connectivity index (χ4n) is 1.63. The van der Waals surface area contributed by atoms with Gasteiger partial charge < -0.3 is 22.9 Å². The van der Waals surface area contributed by atoms with Crippen LogP contribution in [0.4, 0.5) is 31.5 Å². The van der Waals surface area contributed by atoms with Crippen LogP contribution in [-0.4, -0.2) is 0 Å². The number of nitrogen functional groups attached to an aromatic ring is 4. The zero-order valence-corrected chi connectivity index (χ0v) is 8.22. The van der Waals surface area contributed by atoms with Crippen molar-refractivity contribution in [2.45, 2.75) is 0 Å². The molecule has 6 heteroatoms. The van der Waals surface area contributed by atoms with Crippen molar-refractivity contribution < 1.29 is 8.78 Å². The summed E-state index contributed by atoms with van der Waals surface area (Å²) >= 11 is 0. The Bertz CT molecular complexity index is 542. The Morgan fingerprint density at radius 3 is 1.31 bits per heavy atom. The van der Waals surface area contributed by atoms with Crippen LogP contribution in [0, 0.1) is 11.6 Å². The molecule has 0 bridgehead atoms. The van der Waals surface area contributed by atoms with Crippen LogP contribution in [0.2, 0.25) is 0 Å². The van der Waals surface area contributed by atoms with Gasteiger partial charge in [-0.2, -0.15) is 0 Å². The first-order valence-electron chi connectivity index (χ1n) is 4.44. The molecular weight excluding hydrogens is 214 g/mol. The summed E-state index contributed by atoms with van der Waals surface area (Å²) in [5, 5.41) is -0.270. The third-order valence-corrected chi connectivity index (χ3v) is 2.45. The molecule has 4 nitrogen and oxygen atoms in total. The molecule has 0 aliphatic heterocycles. The van der Waals surface area contributed by atoms with Gasteiger partial charge in [0.15, 0.2) is 0 Å². The van der Waals surface area contributed by atoms with Gasteiger partial charge in [-0.3, -0.25) is 0 Å². The maximum Gasteiger partial charge on any atom is 0.135 e. The van der Waals surface area contributed by atoms with Gasteiger partial charge in [-0.1, -0.05) is 0 Å².